The number of carbonyl (C=O) groups excluding carboxylic acids is 1. The highest BCUT2D eigenvalue weighted by molar-refractivity contribution is 6.06. The molecule has 2 aliphatic rings. The van der Waals surface area contributed by atoms with Crippen LogP contribution in [0.3, 0.4) is 0 Å². The molecule has 5 nitrogen and oxygen atoms in total. The van der Waals surface area contributed by atoms with Gasteiger partial charge in [-0.1, -0.05) is 18.2 Å². The molecule has 132 valence electrons. The van der Waals surface area contributed by atoms with Crippen molar-refractivity contribution in [3.63, 3.8) is 0 Å². The van der Waals surface area contributed by atoms with Gasteiger partial charge in [0.05, 0.1) is 24.3 Å². The summed E-state index contributed by atoms with van der Waals surface area (Å²) in [5.74, 6) is 0.531. The quantitative estimate of drug-likeness (QED) is 0.910. The zero-order valence-corrected chi connectivity index (χ0v) is 14.7. The van der Waals surface area contributed by atoms with Gasteiger partial charge < -0.3 is 10.1 Å². The number of rotatable bonds is 5. The third kappa shape index (κ3) is 3.83. The fraction of sp³-hybridized carbons (Fsp3) is 0.500. The van der Waals surface area contributed by atoms with Crippen molar-refractivity contribution in [2.75, 3.05) is 32.8 Å². The number of hydrogen-bond acceptors (Lipinski definition) is 4. The van der Waals surface area contributed by atoms with Crippen molar-refractivity contribution in [2.24, 2.45) is 0 Å². The van der Waals surface area contributed by atoms with E-state index in [1.54, 1.807) is 0 Å². The molecule has 0 bridgehead atoms. The van der Waals surface area contributed by atoms with Gasteiger partial charge in [-0.05, 0) is 31.9 Å². The summed E-state index contributed by atoms with van der Waals surface area (Å²) in [4.78, 5) is 20.0. The maximum atomic E-state index is 12.9. The smallest absolute Gasteiger partial charge is 0.252 e. The Morgan fingerprint density at radius 1 is 1.32 bits per heavy atom. The predicted octanol–water partition coefficient (Wildman–Crippen LogP) is 2.56. The van der Waals surface area contributed by atoms with E-state index in [0.717, 1.165) is 55.0 Å². The number of nitrogens with one attached hydrogen (secondary N) is 1. The molecule has 2 heterocycles. The number of benzene rings is 1. The third-order valence-electron chi connectivity index (χ3n) is 4.99. The highest BCUT2D eigenvalue weighted by atomic mass is 16.5. The number of nitrogens with zero attached hydrogens (tertiary/aromatic N) is 2. The van der Waals surface area contributed by atoms with Gasteiger partial charge in [0.2, 0.25) is 0 Å². The lowest BCUT2D eigenvalue weighted by Crippen LogP contribution is -2.46. The molecule has 5 heteroatoms. The number of carbonyl (C=O) groups is 1. The van der Waals surface area contributed by atoms with Crippen molar-refractivity contribution in [1.82, 2.24) is 15.2 Å². The topological polar surface area (TPSA) is 54.5 Å². The van der Waals surface area contributed by atoms with E-state index < -0.39 is 0 Å². The molecule has 1 atom stereocenters. The Morgan fingerprint density at radius 3 is 2.84 bits per heavy atom. The van der Waals surface area contributed by atoms with Gasteiger partial charge in [0.15, 0.2) is 0 Å². The summed E-state index contributed by atoms with van der Waals surface area (Å²) >= 11 is 0. The first-order valence-corrected chi connectivity index (χ1v) is 9.21. The minimum absolute atomic E-state index is 0.00117. The Balaban J connectivity index is 1.52. The Morgan fingerprint density at radius 2 is 2.08 bits per heavy atom. The molecule has 1 saturated carbocycles. The number of para-hydroxylation sites is 1. The van der Waals surface area contributed by atoms with Gasteiger partial charge in [-0.3, -0.25) is 14.7 Å². The molecule has 1 aliphatic heterocycles. The summed E-state index contributed by atoms with van der Waals surface area (Å²) in [6, 6.07) is 10.0. The molecule has 1 N–H and O–H groups in total. The standard InChI is InChI=1S/C20H25N3O2/c1-14(13-23-8-10-25-11-9-23)21-20(24)17-12-19(15-6-7-15)22-18-5-3-2-4-16(17)18/h2-5,12,14-15H,6-11,13H2,1H3,(H,21,24)/t14-/m1/s1. The minimum atomic E-state index is 0.00117. The molecule has 25 heavy (non-hydrogen) atoms. The molecular formula is C20H25N3O2. The first-order valence-electron chi connectivity index (χ1n) is 9.21. The van der Waals surface area contributed by atoms with Gasteiger partial charge in [0.25, 0.3) is 5.91 Å². The largest absolute Gasteiger partial charge is 0.379 e. The lowest BCUT2D eigenvalue weighted by Gasteiger charge is -2.29. The number of amides is 1. The number of morpholine rings is 1. The van der Waals surface area contributed by atoms with Gasteiger partial charge in [-0.2, -0.15) is 0 Å². The zero-order valence-electron chi connectivity index (χ0n) is 14.7. The second-order valence-electron chi connectivity index (χ2n) is 7.17. The molecule has 2 fully saturated rings. The number of ether oxygens (including phenoxy) is 1. The van der Waals surface area contributed by atoms with Crippen LogP contribution in [-0.2, 0) is 4.74 Å². The molecular weight excluding hydrogens is 314 g/mol. The lowest BCUT2D eigenvalue weighted by atomic mass is 10.0. The summed E-state index contributed by atoms with van der Waals surface area (Å²) in [6.07, 6.45) is 2.36. The predicted molar refractivity (Wildman–Crippen MR) is 97.9 cm³/mol. The van der Waals surface area contributed by atoms with Crippen molar-refractivity contribution in [3.05, 3.63) is 41.6 Å². The molecule has 2 aromatic rings. The normalized spacial score (nSPS) is 19.7. The fourth-order valence-electron chi connectivity index (χ4n) is 3.49. The zero-order chi connectivity index (χ0) is 17.2. The van der Waals surface area contributed by atoms with E-state index in [1.807, 2.05) is 30.3 Å². The summed E-state index contributed by atoms with van der Waals surface area (Å²) in [5, 5.41) is 4.11. The van der Waals surface area contributed by atoms with Crippen LogP contribution >= 0.6 is 0 Å². The van der Waals surface area contributed by atoms with E-state index >= 15 is 0 Å². The second kappa shape index (κ2) is 7.10. The Bertz CT molecular complexity index is 767. The highest BCUT2D eigenvalue weighted by Crippen LogP contribution is 2.40. The average molecular weight is 339 g/mol. The van der Waals surface area contributed by atoms with Crippen LogP contribution in [0.1, 0.15) is 41.7 Å². The van der Waals surface area contributed by atoms with Crippen LogP contribution in [0, 0.1) is 0 Å². The first-order chi connectivity index (χ1) is 12.2. The van der Waals surface area contributed by atoms with Crippen molar-refractivity contribution in [2.45, 2.75) is 31.7 Å². The molecule has 0 spiro atoms. The van der Waals surface area contributed by atoms with Gasteiger partial charge in [-0.25, -0.2) is 0 Å². The van der Waals surface area contributed by atoms with Crippen LogP contribution < -0.4 is 5.32 Å². The molecule has 1 aromatic carbocycles. The summed E-state index contributed by atoms with van der Waals surface area (Å²) in [5.41, 5.74) is 2.73. The van der Waals surface area contributed by atoms with Gasteiger partial charge in [-0.15, -0.1) is 0 Å². The van der Waals surface area contributed by atoms with Crippen LogP contribution in [0.5, 0.6) is 0 Å². The SMILES string of the molecule is C[C@H](CN1CCOCC1)NC(=O)c1cc(C2CC2)nc2ccccc12. The highest BCUT2D eigenvalue weighted by Gasteiger charge is 2.27. The van der Waals surface area contributed by atoms with Crippen molar-refractivity contribution < 1.29 is 9.53 Å². The summed E-state index contributed by atoms with van der Waals surface area (Å²) in [7, 11) is 0. The molecule has 1 aromatic heterocycles. The number of pyridine rings is 1. The summed E-state index contributed by atoms with van der Waals surface area (Å²) in [6.45, 7) is 6.35. The van der Waals surface area contributed by atoms with E-state index in [2.05, 4.69) is 17.1 Å². The van der Waals surface area contributed by atoms with E-state index in [4.69, 9.17) is 9.72 Å². The van der Waals surface area contributed by atoms with Crippen LogP contribution in [0.25, 0.3) is 10.9 Å². The van der Waals surface area contributed by atoms with Gasteiger partial charge in [0.1, 0.15) is 0 Å². The van der Waals surface area contributed by atoms with Gasteiger partial charge in [0, 0.05) is 42.7 Å². The van der Waals surface area contributed by atoms with Crippen molar-refractivity contribution >= 4 is 16.8 Å². The Labute approximate surface area is 148 Å². The van der Waals surface area contributed by atoms with E-state index in [9.17, 15) is 4.79 Å². The maximum Gasteiger partial charge on any atom is 0.252 e. The van der Waals surface area contributed by atoms with Crippen LogP contribution in [0.15, 0.2) is 30.3 Å². The molecule has 0 radical (unpaired) electrons. The van der Waals surface area contributed by atoms with E-state index in [0.29, 0.717) is 5.92 Å². The fourth-order valence-corrected chi connectivity index (χ4v) is 3.49. The summed E-state index contributed by atoms with van der Waals surface area (Å²) < 4.78 is 5.39. The van der Waals surface area contributed by atoms with E-state index in [1.165, 1.54) is 12.8 Å². The molecule has 1 aliphatic carbocycles. The third-order valence-corrected chi connectivity index (χ3v) is 4.99. The monoisotopic (exact) mass is 339 g/mol. The average Bonchev–Trinajstić information content (AvgIpc) is 3.46. The Hall–Kier alpha value is -1.98. The minimum Gasteiger partial charge on any atom is -0.379 e. The van der Waals surface area contributed by atoms with Crippen LogP contribution in [0.2, 0.25) is 0 Å². The lowest BCUT2D eigenvalue weighted by molar-refractivity contribution is 0.0342. The van der Waals surface area contributed by atoms with Crippen LogP contribution in [0.4, 0.5) is 0 Å². The van der Waals surface area contributed by atoms with Gasteiger partial charge >= 0.3 is 0 Å². The molecule has 4 rings (SSSR count). The maximum absolute atomic E-state index is 12.9. The Kier molecular flexibility index (Phi) is 4.68. The molecule has 1 amide bonds. The van der Waals surface area contributed by atoms with Crippen molar-refractivity contribution in [1.29, 1.82) is 0 Å². The molecule has 0 unspecified atom stereocenters. The van der Waals surface area contributed by atoms with Crippen molar-refractivity contribution in [3.8, 4) is 0 Å². The molecule has 1 saturated heterocycles. The number of aromatic nitrogens is 1. The van der Waals surface area contributed by atoms with Crippen LogP contribution in [-0.4, -0.2) is 54.7 Å². The van der Waals surface area contributed by atoms with E-state index in [-0.39, 0.29) is 11.9 Å². The second-order valence-corrected chi connectivity index (χ2v) is 7.17. The number of fused-ring (bicyclic) bond motifs is 1. The first kappa shape index (κ1) is 16.5. The number of hydrogen-bond donors (Lipinski definition) is 1.